The first-order chi connectivity index (χ1) is 9.63. The predicted octanol–water partition coefficient (Wildman–Crippen LogP) is 1.53. The standard InChI is InChI=1S/C15H21NO4/c17-11-8-15(19)6-9-16(10-7-15)14(18)20-12-13-4-2-1-3-5-13/h1-5,17,19H,6-12H2. The van der Waals surface area contributed by atoms with Crippen LogP contribution in [0.4, 0.5) is 4.79 Å². The minimum Gasteiger partial charge on any atom is -0.445 e. The van der Waals surface area contributed by atoms with E-state index in [9.17, 15) is 9.90 Å². The van der Waals surface area contributed by atoms with E-state index in [1.807, 2.05) is 30.3 Å². The second kappa shape index (κ2) is 6.72. The van der Waals surface area contributed by atoms with Gasteiger partial charge in [0.05, 0.1) is 5.60 Å². The van der Waals surface area contributed by atoms with Crippen LogP contribution in [0.3, 0.4) is 0 Å². The zero-order valence-electron chi connectivity index (χ0n) is 11.5. The Labute approximate surface area is 118 Å². The fraction of sp³-hybridized carbons (Fsp3) is 0.533. The molecule has 1 heterocycles. The number of carbonyl (C=O) groups is 1. The molecule has 1 saturated heterocycles. The maximum absolute atomic E-state index is 11.9. The van der Waals surface area contributed by atoms with Crippen molar-refractivity contribution < 1.29 is 19.7 Å². The van der Waals surface area contributed by atoms with Gasteiger partial charge in [-0.1, -0.05) is 30.3 Å². The number of benzene rings is 1. The number of hydrogen-bond donors (Lipinski definition) is 2. The van der Waals surface area contributed by atoms with Gasteiger partial charge in [-0.2, -0.15) is 0 Å². The van der Waals surface area contributed by atoms with Crippen LogP contribution in [0.15, 0.2) is 30.3 Å². The number of aliphatic hydroxyl groups excluding tert-OH is 1. The highest BCUT2D eigenvalue weighted by atomic mass is 16.6. The van der Waals surface area contributed by atoms with Crippen molar-refractivity contribution in [1.82, 2.24) is 4.90 Å². The Bertz CT molecular complexity index is 427. The Balaban J connectivity index is 1.77. The maximum Gasteiger partial charge on any atom is 0.410 e. The smallest absolute Gasteiger partial charge is 0.410 e. The van der Waals surface area contributed by atoms with Gasteiger partial charge in [-0.3, -0.25) is 0 Å². The van der Waals surface area contributed by atoms with Crippen molar-refractivity contribution in [3.63, 3.8) is 0 Å². The Hall–Kier alpha value is -1.59. The van der Waals surface area contributed by atoms with Gasteiger partial charge < -0.3 is 19.8 Å². The lowest BCUT2D eigenvalue weighted by Gasteiger charge is -2.37. The summed E-state index contributed by atoms with van der Waals surface area (Å²) in [6.45, 7) is 1.15. The topological polar surface area (TPSA) is 70.0 Å². The minimum atomic E-state index is -0.842. The summed E-state index contributed by atoms with van der Waals surface area (Å²) < 4.78 is 5.25. The van der Waals surface area contributed by atoms with Crippen LogP contribution >= 0.6 is 0 Å². The summed E-state index contributed by atoms with van der Waals surface area (Å²) >= 11 is 0. The average molecular weight is 279 g/mol. The van der Waals surface area contributed by atoms with Crippen molar-refractivity contribution >= 4 is 6.09 Å². The molecule has 2 rings (SSSR count). The second-order valence-electron chi connectivity index (χ2n) is 5.23. The molecule has 0 aliphatic carbocycles. The Morgan fingerprint density at radius 2 is 1.90 bits per heavy atom. The van der Waals surface area contributed by atoms with Crippen LogP contribution in [0.2, 0.25) is 0 Å². The minimum absolute atomic E-state index is 0.0328. The number of ether oxygens (including phenoxy) is 1. The first-order valence-corrected chi connectivity index (χ1v) is 6.92. The van der Waals surface area contributed by atoms with Gasteiger partial charge >= 0.3 is 6.09 Å². The number of rotatable bonds is 4. The molecule has 0 saturated carbocycles. The van der Waals surface area contributed by atoms with E-state index in [-0.39, 0.29) is 19.3 Å². The van der Waals surface area contributed by atoms with E-state index in [4.69, 9.17) is 9.84 Å². The third kappa shape index (κ3) is 3.95. The van der Waals surface area contributed by atoms with Crippen molar-refractivity contribution in [3.8, 4) is 0 Å². The van der Waals surface area contributed by atoms with Crippen LogP contribution in [0.1, 0.15) is 24.8 Å². The maximum atomic E-state index is 11.9. The molecular weight excluding hydrogens is 258 g/mol. The molecule has 5 nitrogen and oxygen atoms in total. The summed E-state index contributed by atoms with van der Waals surface area (Å²) in [6, 6.07) is 9.53. The van der Waals surface area contributed by atoms with E-state index < -0.39 is 5.60 Å². The molecule has 5 heteroatoms. The Kier molecular flexibility index (Phi) is 4.98. The fourth-order valence-electron chi connectivity index (χ4n) is 2.37. The molecule has 2 N–H and O–H groups in total. The van der Waals surface area contributed by atoms with Crippen LogP contribution < -0.4 is 0 Å². The van der Waals surface area contributed by atoms with Gasteiger partial charge in [0.1, 0.15) is 6.61 Å². The average Bonchev–Trinajstić information content (AvgIpc) is 2.47. The van der Waals surface area contributed by atoms with E-state index >= 15 is 0 Å². The molecule has 1 aliphatic heterocycles. The monoisotopic (exact) mass is 279 g/mol. The fourth-order valence-corrected chi connectivity index (χ4v) is 2.37. The normalized spacial score (nSPS) is 17.8. The van der Waals surface area contributed by atoms with E-state index in [1.165, 1.54) is 0 Å². The Morgan fingerprint density at radius 3 is 2.50 bits per heavy atom. The molecule has 1 aromatic carbocycles. The molecule has 20 heavy (non-hydrogen) atoms. The van der Waals surface area contributed by atoms with Gasteiger partial charge in [-0.25, -0.2) is 4.79 Å². The van der Waals surface area contributed by atoms with Crippen LogP contribution in [0.25, 0.3) is 0 Å². The molecule has 1 aromatic rings. The van der Waals surface area contributed by atoms with Gasteiger partial charge in [0.25, 0.3) is 0 Å². The van der Waals surface area contributed by atoms with Crippen molar-refractivity contribution in [2.75, 3.05) is 19.7 Å². The zero-order chi connectivity index (χ0) is 14.4. The molecule has 0 aromatic heterocycles. The molecule has 0 spiro atoms. The second-order valence-corrected chi connectivity index (χ2v) is 5.23. The number of amides is 1. The quantitative estimate of drug-likeness (QED) is 0.877. The van der Waals surface area contributed by atoms with Crippen molar-refractivity contribution in [1.29, 1.82) is 0 Å². The number of hydrogen-bond acceptors (Lipinski definition) is 4. The van der Waals surface area contributed by atoms with Crippen LogP contribution in [0.5, 0.6) is 0 Å². The SMILES string of the molecule is O=C(OCc1ccccc1)N1CCC(O)(CCO)CC1. The predicted molar refractivity (Wildman–Crippen MR) is 74.1 cm³/mol. The van der Waals surface area contributed by atoms with Gasteiger partial charge in [0.15, 0.2) is 0 Å². The molecule has 0 bridgehead atoms. The number of aliphatic hydroxyl groups is 2. The number of nitrogens with zero attached hydrogens (tertiary/aromatic N) is 1. The van der Waals surface area contributed by atoms with E-state index in [2.05, 4.69) is 0 Å². The molecule has 1 aliphatic rings. The summed E-state index contributed by atoms with van der Waals surface area (Å²) in [4.78, 5) is 13.5. The lowest BCUT2D eigenvalue weighted by molar-refractivity contribution is -0.0361. The number of carbonyl (C=O) groups excluding carboxylic acids is 1. The highest BCUT2D eigenvalue weighted by Gasteiger charge is 2.33. The van der Waals surface area contributed by atoms with Crippen LogP contribution in [0, 0.1) is 0 Å². The van der Waals surface area contributed by atoms with Crippen molar-refractivity contribution in [2.45, 2.75) is 31.5 Å². The molecule has 0 unspecified atom stereocenters. The van der Waals surface area contributed by atoms with Crippen molar-refractivity contribution in [3.05, 3.63) is 35.9 Å². The summed E-state index contributed by atoms with van der Waals surface area (Å²) in [5, 5.41) is 19.0. The van der Waals surface area contributed by atoms with E-state index in [0.29, 0.717) is 32.4 Å². The number of likely N-dealkylation sites (tertiary alicyclic amines) is 1. The highest BCUT2D eigenvalue weighted by Crippen LogP contribution is 2.25. The van der Waals surface area contributed by atoms with Gasteiger partial charge in [0, 0.05) is 19.7 Å². The van der Waals surface area contributed by atoms with Gasteiger partial charge in [-0.15, -0.1) is 0 Å². The molecule has 1 fully saturated rings. The molecule has 0 atom stereocenters. The lowest BCUT2D eigenvalue weighted by atomic mass is 9.89. The molecular formula is C15H21NO4. The summed E-state index contributed by atoms with van der Waals surface area (Å²) in [5.74, 6) is 0. The first-order valence-electron chi connectivity index (χ1n) is 6.92. The molecule has 1 amide bonds. The van der Waals surface area contributed by atoms with Gasteiger partial charge in [-0.05, 0) is 24.8 Å². The first kappa shape index (κ1) is 14.8. The summed E-state index contributed by atoms with van der Waals surface area (Å²) in [6.07, 6.45) is 0.974. The molecule has 0 radical (unpaired) electrons. The number of piperidine rings is 1. The van der Waals surface area contributed by atoms with Crippen LogP contribution in [-0.2, 0) is 11.3 Å². The lowest BCUT2D eigenvalue weighted by Crippen LogP contribution is -2.47. The van der Waals surface area contributed by atoms with Gasteiger partial charge in [0.2, 0.25) is 0 Å². The summed E-state index contributed by atoms with van der Waals surface area (Å²) in [5.41, 5.74) is 0.111. The zero-order valence-corrected chi connectivity index (χ0v) is 11.5. The summed E-state index contributed by atoms with van der Waals surface area (Å²) in [7, 11) is 0. The Morgan fingerprint density at radius 1 is 1.25 bits per heavy atom. The molecule has 110 valence electrons. The van der Waals surface area contributed by atoms with Crippen molar-refractivity contribution in [2.24, 2.45) is 0 Å². The third-order valence-electron chi connectivity index (χ3n) is 3.73. The largest absolute Gasteiger partial charge is 0.445 e. The van der Waals surface area contributed by atoms with E-state index in [1.54, 1.807) is 4.90 Å². The highest BCUT2D eigenvalue weighted by molar-refractivity contribution is 5.67. The third-order valence-corrected chi connectivity index (χ3v) is 3.73. The van der Waals surface area contributed by atoms with E-state index in [0.717, 1.165) is 5.56 Å². The van der Waals surface area contributed by atoms with Crippen LogP contribution in [-0.4, -0.2) is 46.5 Å².